The molecule has 0 aliphatic heterocycles. The van der Waals surface area contributed by atoms with Gasteiger partial charge >= 0.3 is 0 Å². The van der Waals surface area contributed by atoms with Crippen LogP contribution >= 0.6 is 0 Å². The highest BCUT2D eigenvalue weighted by Crippen LogP contribution is 2.11. The summed E-state index contributed by atoms with van der Waals surface area (Å²) in [5.74, 6) is 0.635. The fourth-order valence-electron chi connectivity index (χ4n) is 2.08. The highest BCUT2D eigenvalue weighted by molar-refractivity contribution is 7.89. The predicted molar refractivity (Wildman–Crippen MR) is 86.4 cm³/mol. The van der Waals surface area contributed by atoms with E-state index < -0.39 is 10.0 Å². The van der Waals surface area contributed by atoms with Crippen molar-refractivity contribution in [2.75, 3.05) is 6.54 Å². The van der Waals surface area contributed by atoms with Crippen LogP contribution in [0.4, 0.5) is 0 Å². The first-order chi connectivity index (χ1) is 11.5. The summed E-state index contributed by atoms with van der Waals surface area (Å²) in [7, 11) is -1.87. The molecule has 0 spiro atoms. The van der Waals surface area contributed by atoms with Crippen molar-refractivity contribution < 1.29 is 8.42 Å². The Hall–Kier alpha value is -2.59. The number of imidazole rings is 1. The Kier molecular flexibility index (Phi) is 4.40. The number of aromatic nitrogens is 6. The minimum absolute atomic E-state index is 0.0169. The highest BCUT2D eigenvalue weighted by Gasteiger charge is 2.17. The fraction of sp³-hybridized carbons (Fsp3) is 0.286. The van der Waals surface area contributed by atoms with Crippen LogP contribution in [0.25, 0.3) is 11.4 Å². The predicted octanol–water partition coefficient (Wildman–Crippen LogP) is 0.361. The quantitative estimate of drug-likeness (QED) is 0.690. The Balaban J connectivity index is 1.61. The van der Waals surface area contributed by atoms with Crippen LogP contribution in [0, 0.1) is 6.92 Å². The molecule has 9 nitrogen and oxygen atoms in total. The zero-order valence-corrected chi connectivity index (χ0v) is 14.1. The van der Waals surface area contributed by atoms with Gasteiger partial charge in [0.2, 0.25) is 0 Å². The van der Waals surface area contributed by atoms with Gasteiger partial charge in [0.25, 0.3) is 10.0 Å². The van der Waals surface area contributed by atoms with Gasteiger partial charge in [-0.25, -0.2) is 18.1 Å². The van der Waals surface area contributed by atoms with Crippen LogP contribution in [0.1, 0.15) is 5.82 Å². The molecule has 0 fully saturated rings. The zero-order valence-electron chi connectivity index (χ0n) is 13.3. The van der Waals surface area contributed by atoms with E-state index in [2.05, 4.69) is 24.8 Å². The highest BCUT2D eigenvalue weighted by atomic mass is 32.2. The molecular formula is C14H17N7O2S. The Bertz CT molecular complexity index is 912. The van der Waals surface area contributed by atoms with Crippen molar-refractivity contribution >= 4 is 10.0 Å². The average Bonchev–Trinajstić information content (AvgIpc) is 3.16. The van der Waals surface area contributed by atoms with Gasteiger partial charge in [0.1, 0.15) is 17.2 Å². The lowest BCUT2D eigenvalue weighted by molar-refractivity contribution is 0.558. The van der Waals surface area contributed by atoms with Gasteiger partial charge in [-0.1, -0.05) is 0 Å². The second kappa shape index (κ2) is 6.49. The molecule has 3 aromatic heterocycles. The first-order valence-corrected chi connectivity index (χ1v) is 8.73. The van der Waals surface area contributed by atoms with E-state index in [1.54, 1.807) is 54.1 Å². The van der Waals surface area contributed by atoms with Gasteiger partial charge < -0.3 is 4.57 Å². The first kappa shape index (κ1) is 16.3. The smallest absolute Gasteiger partial charge is 0.259 e. The van der Waals surface area contributed by atoms with E-state index in [4.69, 9.17) is 0 Å². The maximum atomic E-state index is 12.2. The van der Waals surface area contributed by atoms with Crippen LogP contribution < -0.4 is 4.72 Å². The molecule has 0 saturated carbocycles. The fourth-order valence-corrected chi connectivity index (χ4v) is 3.14. The molecule has 3 heterocycles. The maximum absolute atomic E-state index is 12.2. The number of hydrogen-bond acceptors (Lipinski definition) is 6. The number of rotatable bonds is 6. The largest absolute Gasteiger partial charge is 0.337 e. The third-order valence-corrected chi connectivity index (χ3v) is 4.79. The van der Waals surface area contributed by atoms with Crippen molar-refractivity contribution in [2.45, 2.75) is 18.5 Å². The summed E-state index contributed by atoms with van der Waals surface area (Å²) >= 11 is 0. The van der Waals surface area contributed by atoms with Crippen LogP contribution in [-0.4, -0.2) is 44.3 Å². The minimum Gasteiger partial charge on any atom is -0.337 e. The third kappa shape index (κ3) is 3.49. The molecule has 10 heteroatoms. The van der Waals surface area contributed by atoms with Crippen LogP contribution in [-0.2, 0) is 23.6 Å². The normalized spacial score (nSPS) is 11.8. The van der Waals surface area contributed by atoms with Crippen molar-refractivity contribution in [3.8, 4) is 11.4 Å². The summed E-state index contributed by atoms with van der Waals surface area (Å²) in [6.07, 6.45) is 8.06. The summed E-state index contributed by atoms with van der Waals surface area (Å²) in [4.78, 5) is 12.2. The molecule has 0 aliphatic rings. The van der Waals surface area contributed by atoms with Gasteiger partial charge in [-0.05, 0) is 13.0 Å². The van der Waals surface area contributed by atoms with Crippen molar-refractivity contribution in [1.82, 2.24) is 34.0 Å². The van der Waals surface area contributed by atoms with E-state index in [-0.39, 0.29) is 11.6 Å². The van der Waals surface area contributed by atoms with Gasteiger partial charge in [-0.15, -0.1) is 0 Å². The zero-order chi connectivity index (χ0) is 17.2. The van der Waals surface area contributed by atoms with Crippen LogP contribution in [0.2, 0.25) is 0 Å². The van der Waals surface area contributed by atoms with E-state index in [0.717, 1.165) is 0 Å². The third-order valence-electron chi connectivity index (χ3n) is 3.46. The number of nitrogens with zero attached hydrogens (tertiary/aromatic N) is 6. The van der Waals surface area contributed by atoms with Crippen LogP contribution in [0.3, 0.4) is 0 Å². The Morgan fingerprint density at radius 2 is 2.08 bits per heavy atom. The molecule has 0 aromatic carbocycles. The molecule has 0 aliphatic carbocycles. The summed E-state index contributed by atoms with van der Waals surface area (Å²) in [5.41, 5.74) is 1.35. The molecule has 3 rings (SSSR count). The Labute approximate surface area is 139 Å². The summed E-state index contributed by atoms with van der Waals surface area (Å²) in [6.45, 7) is 2.35. The molecule has 0 saturated heterocycles. The molecule has 0 bridgehead atoms. The van der Waals surface area contributed by atoms with E-state index in [1.165, 1.54) is 6.20 Å². The molecular weight excluding hydrogens is 330 g/mol. The van der Waals surface area contributed by atoms with E-state index in [1.807, 2.05) is 0 Å². The Morgan fingerprint density at radius 3 is 2.75 bits per heavy atom. The number of sulfonamides is 1. The van der Waals surface area contributed by atoms with Gasteiger partial charge in [-0.2, -0.15) is 5.10 Å². The van der Waals surface area contributed by atoms with Gasteiger partial charge in [0, 0.05) is 38.4 Å². The van der Waals surface area contributed by atoms with Crippen molar-refractivity contribution in [3.05, 3.63) is 42.9 Å². The van der Waals surface area contributed by atoms with E-state index in [9.17, 15) is 8.42 Å². The molecule has 126 valence electrons. The summed E-state index contributed by atoms with van der Waals surface area (Å²) in [6, 6.07) is 1.81. The second-order valence-corrected chi connectivity index (χ2v) is 6.90. The number of hydrogen-bond donors (Lipinski definition) is 1. The molecule has 0 radical (unpaired) electrons. The molecule has 24 heavy (non-hydrogen) atoms. The monoisotopic (exact) mass is 347 g/mol. The lowest BCUT2D eigenvalue weighted by atomic mass is 10.3. The Morgan fingerprint density at radius 1 is 1.25 bits per heavy atom. The molecule has 0 unspecified atom stereocenters. The molecule has 1 N–H and O–H groups in total. The summed E-state index contributed by atoms with van der Waals surface area (Å²) < 4.78 is 30.2. The lowest BCUT2D eigenvalue weighted by Gasteiger charge is -2.04. The average molecular weight is 347 g/mol. The summed E-state index contributed by atoms with van der Waals surface area (Å²) in [5, 5.41) is 4.37. The first-order valence-electron chi connectivity index (χ1n) is 7.25. The second-order valence-electron chi connectivity index (χ2n) is 5.19. The molecule has 0 atom stereocenters. The van der Waals surface area contributed by atoms with Gasteiger partial charge in [0.05, 0.1) is 12.7 Å². The molecule has 3 aromatic rings. The lowest BCUT2D eigenvalue weighted by Crippen LogP contribution is -2.27. The topological polar surface area (TPSA) is 108 Å². The van der Waals surface area contributed by atoms with Crippen molar-refractivity contribution in [2.24, 2.45) is 7.05 Å². The SMILES string of the molecule is Cc1nc(S(=O)(=O)NCCn2ccc(-c3cnccn3)n2)cn1C. The van der Waals surface area contributed by atoms with Crippen molar-refractivity contribution in [3.63, 3.8) is 0 Å². The van der Waals surface area contributed by atoms with Crippen LogP contribution in [0.15, 0.2) is 42.1 Å². The molecule has 0 amide bonds. The van der Waals surface area contributed by atoms with Crippen LogP contribution in [0.5, 0.6) is 0 Å². The van der Waals surface area contributed by atoms with E-state index in [0.29, 0.717) is 23.8 Å². The standard InChI is InChI=1S/C14H17N7O2S/c1-11-18-14(10-20(11)2)24(22,23)17-6-8-21-7-3-12(19-21)13-9-15-4-5-16-13/h3-5,7,9-10,17H,6,8H2,1-2H3. The number of aryl methyl sites for hydroxylation is 2. The maximum Gasteiger partial charge on any atom is 0.259 e. The van der Waals surface area contributed by atoms with E-state index >= 15 is 0 Å². The van der Waals surface area contributed by atoms with Gasteiger partial charge in [-0.3, -0.25) is 14.6 Å². The van der Waals surface area contributed by atoms with Gasteiger partial charge in [0.15, 0.2) is 5.03 Å². The van der Waals surface area contributed by atoms with Crippen molar-refractivity contribution in [1.29, 1.82) is 0 Å². The minimum atomic E-state index is -3.62. The number of nitrogens with one attached hydrogen (secondary N) is 1.